The van der Waals surface area contributed by atoms with E-state index in [-0.39, 0.29) is 11.4 Å². The van der Waals surface area contributed by atoms with E-state index in [0.29, 0.717) is 16.4 Å². The lowest BCUT2D eigenvalue weighted by Crippen LogP contribution is -2.38. The van der Waals surface area contributed by atoms with Crippen LogP contribution in [-0.4, -0.2) is 20.9 Å². The number of amides is 1. The summed E-state index contributed by atoms with van der Waals surface area (Å²) >= 11 is 5.91. The van der Waals surface area contributed by atoms with Gasteiger partial charge in [-0.15, -0.1) is 0 Å². The molecule has 3 aromatic rings. The minimum Gasteiger partial charge on any atom is -0.324 e. The second-order valence-corrected chi connectivity index (χ2v) is 9.47. The van der Waals surface area contributed by atoms with Crippen LogP contribution >= 0.6 is 11.6 Å². The van der Waals surface area contributed by atoms with Gasteiger partial charge >= 0.3 is 0 Å². The van der Waals surface area contributed by atoms with Crippen molar-refractivity contribution in [3.05, 3.63) is 88.4 Å². The van der Waals surface area contributed by atoms with E-state index in [1.807, 2.05) is 45.0 Å². The number of hydrogen-bond acceptors (Lipinski definition) is 3. The van der Waals surface area contributed by atoms with Crippen molar-refractivity contribution in [2.75, 3.05) is 16.2 Å². The summed E-state index contributed by atoms with van der Waals surface area (Å²) in [7, 11) is -3.98. The van der Waals surface area contributed by atoms with Gasteiger partial charge in [0.25, 0.3) is 10.0 Å². The molecule has 0 bridgehead atoms. The molecule has 0 saturated carbocycles. The summed E-state index contributed by atoms with van der Waals surface area (Å²) in [5.74, 6) is -0.428. The fourth-order valence-corrected chi connectivity index (χ4v) is 4.56. The van der Waals surface area contributed by atoms with Crippen LogP contribution in [0.1, 0.15) is 16.7 Å². The number of nitrogens with zero attached hydrogens (tertiary/aromatic N) is 1. The van der Waals surface area contributed by atoms with E-state index in [4.69, 9.17) is 11.6 Å². The smallest absolute Gasteiger partial charge is 0.264 e. The fourth-order valence-electron chi connectivity index (χ4n) is 3.02. The number of carbonyl (C=O) groups is 1. The summed E-state index contributed by atoms with van der Waals surface area (Å²) < 4.78 is 27.8. The van der Waals surface area contributed by atoms with E-state index in [9.17, 15) is 13.2 Å². The van der Waals surface area contributed by atoms with E-state index in [2.05, 4.69) is 5.32 Å². The van der Waals surface area contributed by atoms with Gasteiger partial charge in [0.15, 0.2) is 0 Å². The predicted molar refractivity (Wildman–Crippen MR) is 122 cm³/mol. The van der Waals surface area contributed by atoms with Gasteiger partial charge in [0.1, 0.15) is 6.54 Å². The average molecular weight is 443 g/mol. The molecule has 0 aliphatic carbocycles. The number of aryl methyl sites for hydroxylation is 3. The first-order valence-electron chi connectivity index (χ1n) is 9.39. The Morgan fingerprint density at radius 3 is 2.27 bits per heavy atom. The van der Waals surface area contributed by atoms with Crippen LogP contribution in [0.15, 0.2) is 71.6 Å². The molecule has 0 aliphatic rings. The quantitative estimate of drug-likeness (QED) is 0.577. The van der Waals surface area contributed by atoms with Crippen molar-refractivity contribution in [3.63, 3.8) is 0 Å². The van der Waals surface area contributed by atoms with Gasteiger partial charge in [-0.05, 0) is 79.9 Å². The average Bonchev–Trinajstić information content (AvgIpc) is 2.69. The van der Waals surface area contributed by atoms with Crippen molar-refractivity contribution >= 4 is 38.9 Å². The lowest BCUT2D eigenvalue weighted by atomic mass is 10.1. The maximum absolute atomic E-state index is 13.4. The van der Waals surface area contributed by atoms with Crippen LogP contribution in [-0.2, 0) is 14.8 Å². The Hall–Kier alpha value is -2.83. The molecule has 0 heterocycles. The zero-order chi connectivity index (χ0) is 21.9. The number of nitrogens with one attached hydrogen (secondary N) is 1. The van der Waals surface area contributed by atoms with Crippen molar-refractivity contribution in [3.8, 4) is 0 Å². The van der Waals surface area contributed by atoms with Gasteiger partial charge in [-0.3, -0.25) is 9.10 Å². The highest BCUT2D eigenvalue weighted by atomic mass is 35.5. The van der Waals surface area contributed by atoms with Crippen LogP contribution in [0.3, 0.4) is 0 Å². The van der Waals surface area contributed by atoms with E-state index < -0.39 is 15.9 Å². The van der Waals surface area contributed by atoms with Gasteiger partial charge in [-0.25, -0.2) is 8.42 Å². The lowest BCUT2D eigenvalue weighted by molar-refractivity contribution is -0.114. The summed E-state index contributed by atoms with van der Waals surface area (Å²) in [4.78, 5) is 12.9. The molecule has 30 heavy (non-hydrogen) atoms. The van der Waals surface area contributed by atoms with E-state index >= 15 is 0 Å². The Labute approximate surface area is 182 Å². The van der Waals surface area contributed by atoms with Crippen LogP contribution in [0.2, 0.25) is 5.02 Å². The molecule has 0 aliphatic heterocycles. The molecule has 0 radical (unpaired) electrons. The fraction of sp³-hybridized carbons (Fsp3) is 0.174. The second kappa shape index (κ2) is 8.90. The Balaban J connectivity index is 1.96. The molecule has 0 saturated heterocycles. The predicted octanol–water partition coefficient (Wildman–Crippen LogP) is 5.10. The Kier molecular flexibility index (Phi) is 6.48. The molecule has 7 heteroatoms. The molecule has 3 rings (SSSR count). The topological polar surface area (TPSA) is 66.5 Å². The molecule has 5 nitrogen and oxygen atoms in total. The highest BCUT2D eigenvalue weighted by molar-refractivity contribution is 7.92. The van der Waals surface area contributed by atoms with Crippen LogP contribution in [0.4, 0.5) is 11.4 Å². The molecular weight excluding hydrogens is 420 g/mol. The van der Waals surface area contributed by atoms with Crippen LogP contribution in [0.25, 0.3) is 0 Å². The third-order valence-electron chi connectivity index (χ3n) is 4.65. The highest BCUT2D eigenvalue weighted by Crippen LogP contribution is 2.26. The standard InChI is InChI=1S/C23H23ClN2O3S/c1-16-5-4-6-20(13-16)26(30(28,29)21-11-9-19(24)10-12-21)15-23(27)25-22-14-17(2)7-8-18(22)3/h4-14H,15H2,1-3H3,(H,25,27). The first kappa shape index (κ1) is 21.9. The first-order chi connectivity index (χ1) is 14.2. The lowest BCUT2D eigenvalue weighted by Gasteiger charge is -2.24. The maximum Gasteiger partial charge on any atom is 0.264 e. The number of hydrogen-bond donors (Lipinski definition) is 1. The van der Waals surface area contributed by atoms with Crippen molar-refractivity contribution in [2.24, 2.45) is 0 Å². The first-order valence-corrected chi connectivity index (χ1v) is 11.2. The van der Waals surface area contributed by atoms with Gasteiger partial charge in [-0.1, -0.05) is 35.9 Å². The number of carbonyl (C=O) groups excluding carboxylic acids is 1. The SMILES string of the molecule is Cc1cccc(N(CC(=O)Nc2cc(C)ccc2C)S(=O)(=O)c2ccc(Cl)cc2)c1. The molecule has 1 N–H and O–H groups in total. The van der Waals surface area contributed by atoms with E-state index in [1.54, 1.807) is 18.2 Å². The number of sulfonamides is 1. The maximum atomic E-state index is 13.4. The monoisotopic (exact) mass is 442 g/mol. The molecule has 156 valence electrons. The minimum atomic E-state index is -3.98. The normalized spacial score (nSPS) is 11.2. The van der Waals surface area contributed by atoms with E-state index in [1.165, 1.54) is 24.3 Å². The van der Waals surface area contributed by atoms with Crippen molar-refractivity contribution in [1.29, 1.82) is 0 Å². The van der Waals surface area contributed by atoms with E-state index in [0.717, 1.165) is 21.0 Å². The minimum absolute atomic E-state index is 0.0629. The zero-order valence-corrected chi connectivity index (χ0v) is 18.6. The van der Waals surface area contributed by atoms with Crippen molar-refractivity contribution < 1.29 is 13.2 Å². The second-order valence-electron chi connectivity index (χ2n) is 7.17. The molecule has 0 atom stereocenters. The largest absolute Gasteiger partial charge is 0.324 e. The zero-order valence-electron chi connectivity index (χ0n) is 17.0. The molecule has 0 fully saturated rings. The molecular formula is C23H23ClN2O3S. The Morgan fingerprint density at radius 2 is 1.60 bits per heavy atom. The van der Waals surface area contributed by atoms with Crippen molar-refractivity contribution in [1.82, 2.24) is 0 Å². The third kappa shape index (κ3) is 5.01. The number of benzene rings is 3. The molecule has 0 aromatic heterocycles. The van der Waals surface area contributed by atoms with Crippen LogP contribution in [0.5, 0.6) is 0 Å². The summed E-state index contributed by atoms with van der Waals surface area (Å²) in [5.41, 5.74) is 3.87. The summed E-state index contributed by atoms with van der Waals surface area (Å²) in [6.07, 6.45) is 0. The Bertz CT molecular complexity index is 1180. The van der Waals surface area contributed by atoms with Crippen LogP contribution < -0.4 is 9.62 Å². The van der Waals surface area contributed by atoms with Gasteiger partial charge in [-0.2, -0.15) is 0 Å². The summed E-state index contributed by atoms with van der Waals surface area (Å²) in [6.45, 7) is 5.32. The van der Waals surface area contributed by atoms with Gasteiger partial charge < -0.3 is 5.32 Å². The molecule has 3 aromatic carbocycles. The highest BCUT2D eigenvalue weighted by Gasteiger charge is 2.27. The molecule has 1 amide bonds. The summed E-state index contributed by atoms with van der Waals surface area (Å²) in [6, 6.07) is 18.7. The van der Waals surface area contributed by atoms with Crippen molar-refractivity contribution in [2.45, 2.75) is 25.7 Å². The molecule has 0 unspecified atom stereocenters. The number of anilines is 2. The number of halogens is 1. The third-order valence-corrected chi connectivity index (χ3v) is 6.69. The molecule has 0 spiro atoms. The van der Waals surface area contributed by atoms with Gasteiger partial charge in [0.05, 0.1) is 10.6 Å². The Morgan fingerprint density at radius 1 is 0.933 bits per heavy atom. The summed E-state index contributed by atoms with van der Waals surface area (Å²) in [5, 5.41) is 3.27. The van der Waals surface area contributed by atoms with Gasteiger partial charge in [0.2, 0.25) is 5.91 Å². The number of rotatable bonds is 6. The van der Waals surface area contributed by atoms with Gasteiger partial charge in [0, 0.05) is 10.7 Å². The van der Waals surface area contributed by atoms with Crippen LogP contribution in [0, 0.1) is 20.8 Å².